The van der Waals surface area contributed by atoms with E-state index in [0.29, 0.717) is 28.1 Å². The quantitative estimate of drug-likeness (QED) is 0.465. The number of benzene rings is 2. The molecule has 2 amide bonds. The van der Waals surface area contributed by atoms with Crippen molar-refractivity contribution < 1.29 is 35.9 Å². The average molecular weight is 544 g/mol. The van der Waals surface area contributed by atoms with Gasteiger partial charge in [0, 0.05) is 12.6 Å². The molecule has 2 aromatic carbocycles. The van der Waals surface area contributed by atoms with Crippen molar-refractivity contribution in [3.05, 3.63) is 59.7 Å². The minimum absolute atomic E-state index is 0.0435. The van der Waals surface area contributed by atoms with Crippen LogP contribution in [0.25, 0.3) is 0 Å². The first-order valence-electron chi connectivity index (χ1n) is 11.5. The highest BCUT2D eigenvalue weighted by molar-refractivity contribution is 7.92. The Balaban J connectivity index is 2.43. The summed E-state index contributed by atoms with van der Waals surface area (Å²) in [5.74, 6) is -0.622. The molecule has 204 valence electrons. The van der Waals surface area contributed by atoms with E-state index in [2.05, 4.69) is 5.32 Å². The van der Waals surface area contributed by atoms with E-state index in [0.717, 1.165) is 18.4 Å². The van der Waals surface area contributed by atoms with Crippen molar-refractivity contribution in [3.63, 3.8) is 0 Å². The molecule has 12 heteroatoms. The Labute approximate surface area is 215 Å². The normalized spacial score (nSPS) is 13.4. The predicted octanol–water partition coefficient (Wildman–Crippen LogP) is 3.81. The molecule has 2 atom stereocenters. The van der Waals surface area contributed by atoms with Gasteiger partial charge in [0.2, 0.25) is 21.8 Å². The molecule has 0 unspecified atom stereocenters. The fourth-order valence-corrected chi connectivity index (χ4v) is 4.27. The molecule has 2 aromatic rings. The number of amides is 2. The number of nitrogens with one attached hydrogen (secondary N) is 1. The van der Waals surface area contributed by atoms with Crippen molar-refractivity contribution >= 4 is 27.5 Å². The number of nitrogens with zero attached hydrogens (tertiary/aromatic N) is 2. The summed E-state index contributed by atoms with van der Waals surface area (Å²) >= 11 is 0. The van der Waals surface area contributed by atoms with Crippen LogP contribution in [0.2, 0.25) is 0 Å². The Kier molecular flexibility index (Phi) is 9.96. The van der Waals surface area contributed by atoms with Crippen molar-refractivity contribution in [2.75, 3.05) is 24.2 Å². The molecule has 0 saturated heterocycles. The van der Waals surface area contributed by atoms with Crippen molar-refractivity contribution in [3.8, 4) is 5.75 Å². The largest absolute Gasteiger partial charge is 0.497 e. The number of ether oxygens (including phenoxy) is 1. The van der Waals surface area contributed by atoms with Gasteiger partial charge < -0.3 is 15.0 Å². The van der Waals surface area contributed by atoms with E-state index in [1.807, 2.05) is 6.92 Å². The number of hydrogen-bond donors (Lipinski definition) is 1. The highest BCUT2D eigenvalue weighted by Crippen LogP contribution is 2.32. The van der Waals surface area contributed by atoms with E-state index in [1.165, 1.54) is 25.0 Å². The van der Waals surface area contributed by atoms with Gasteiger partial charge in [-0.05, 0) is 56.2 Å². The summed E-state index contributed by atoms with van der Waals surface area (Å²) in [6.07, 6.45) is -3.25. The summed E-state index contributed by atoms with van der Waals surface area (Å²) in [5, 5.41) is 2.80. The fraction of sp³-hybridized carbons (Fsp3) is 0.440. The van der Waals surface area contributed by atoms with E-state index in [1.54, 1.807) is 31.2 Å². The Morgan fingerprint density at radius 2 is 1.70 bits per heavy atom. The van der Waals surface area contributed by atoms with Gasteiger partial charge in [-0.1, -0.05) is 25.1 Å². The van der Waals surface area contributed by atoms with Crippen LogP contribution in [0.5, 0.6) is 5.75 Å². The third-order valence-corrected chi connectivity index (χ3v) is 6.96. The van der Waals surface area contributed by atoms with E-state index in [9.17, 15) is 31.2 Å². The smallest absolute Gasteiger partial charge is 0.416 e. The van der Waals surface area contributed by atoms with Gasteiger partial charge in [0.15, 0.2) is 0 Å². The monoisotopic (exact) mass is 543 g/mol. The van der Waals surface area contributed by atoms with Gasteiger partial charge in [-0.25, -0.2) is 8.42 Å². The van der Waals surface area contributed by atoms with E-state index >= 15 is 0 Å². The third kappa shape index (κ3) is 8.38. The maximum absolute atomic E-state index is 13.5. The lowest BCUT2D eigenvalue weighted by Gasteiger charge is -2.32. The SMILES string of the molecule is CC[C@H](C)NC(=O)[C@H](C)N(Cc1ccc(OC)cc1)C(=O)CN(c1cccc(C(F)(F)F)c1)S(C)(=O)=O. The van der Waals surface area contributed by atoms with Crippen molar-refractivity contribution in [1.29, 1.82) is 0 Å². The van der Waals surface area contributed by atoms with Gasteiger partial charge in [-0.2, -0.15) is 13.2 Å². The molecule has 0 bridgehead atoms. The molecule has 0 aliphatic rings. The maximum atomic E-state index is 13.5. The second-order valence-electron chi connectivity index (χ2n) is 8.68. The number of carbonyl (C=O) groups excluding carboxylic acids is 2. The summed E-state index contributed by atoms with van der Waals surface area (Å²) in [6, 6.07) is 9.30. The molecule has 2 rings (SSSR count). The number of hydrogen-bond acceptors (Lipinski definition) is 5. The molecule has 0 saturated carbocycles. The number of anilines is 1. The lowest BCUT2D eigenvalue weighted by atomic mass is 10.1. The zero-order chi connectivity index (χ0) is 28.0. The molecule has 0 fully saturated rings. The minimum Gasteiger partial charge on any atom is -0.497 e. The highest BCUT2D eigenvalue weighted by Gasteiger charge is 2.33. The molecule has 0 spiro atoms. The molecule has 37 heavy (non-hydrogen) atoms. The van der Waals surface area contributed by atoms with Crippen LogP contribution in [0.15, 0.2) is 48.5 Å². The van der Waals surface area contributed by atoms with Crippen molar-refractivity contribution in [2.45, 2.75) is 52.0 Å². The Morgan fingerprint density at radius 1 is 1.08 bits per heavy atom. The first-order chi connectivity index (χ1) is 17.2. The van der Waals surface area contributed by atoms with Crippen LogP contribution in [0, 0.1) is 0 Å². The highest BCUT2D eigenvalue weighted by atomic mass is 32.2. The predicted molar refractivity (Wildman–Crippen MR) is 135 cm³/mol. The fourth-order valence-electron chi connectivity index (χ4n) is 3.43. The number of sulfonamides is 1. The lowest BCUT2D eigenvalue weighted by Crippen LogP contribution is -2.52. The minimum atomic E-state index is -4.70. The zero-order valence-electron chi connectivity index (χ0n) is 21.4. The van der Waals surface area contributed by atoms with Gasteiger partial charge in [0.25, 0.3) is 0 Å². The summed E-state index contributed by atoms with van der Waals surface area (Å²) in [7, 11) is -2.66. The molecular formula is C25H32F3N3O5S. The number of halogens is 3. The first kappa shape index (κ1) is 29.9. The topological polar surface area (TPSA) is 96.0 Å². The van der Waals surface area contributed by atoms with Gasteiger partial charge in [0.05, 0.1) is 24.6 Å². The molecule has 8 nitrogen and oxygen atoms in total. The van der Waals surface area contributed by atoms with Crippen LogP contribution >= 0.6 is 0 Å². The third-order valence-electron chi connectivity index (χ3n) is 5.82. The number of carbonyl (C=O) groups is 2. The second kappa shape index (κ2) is 12.3. The summed E-state index contributed by atoms with van der Waals surface area (Å²) < 4.78 is 70.6. The van der Waals surface area contributed by atoms with Crippen LogP contribution < -0.4 is 14.4 Å². The average Bonchev–Trinajstić information content (AvgIpc) is 2.84. The number of alkyl halides is 3. The van der Waals surface area contributed by atoms with Crippen molar-refractivity contribution in [1.82, 2.24) is 10.2 Å². The standard InChI is InChI=1S/C25H32F3N3O5S/c1-6-17(2)29-24(33)18(3)30(15-19-10-12-22(36-4)13-11-19)23(32)16-31(37(5,34)35)21-9-7-8-20(14-21)25(26,27)28/h7-14,17-18H,6,15-16H2,1-5H3,(H,29,33)/t17-,18-/m0/s1. The molecule has 0 radical (unpaired) electrons. The summed E-state index contributed by atoms with van der Waals surface area (Å²) in [5.41, 5.74) is -0.725. The molecule has 0 aliphatic carbocycles. The first-order valence-corrected chi connectivity index (χ1v) is 13.4. The molecule has 0 aliphatic heterocycles. The zero-order valence-corrected chi connectivity index (χ0v) is 22.2. The van der Waals surface area contributed by atoms with Gasteiger partial charge in [-0.15, -0.1) is 0 Å². The van der Waals surface area contributed by atoms with Crippen LogP contribution in [-0.4, -0.2) is 57.1 Å². The maximum Gasteiger partial charge on any atom is 0.416 e. The number of methoxy groups -OCH3 is 1. The van der Waals surface area contributed by atoms with E-state index in [4.69, 9.17) is 4.74 Å². The van der Waals surface area contributed by atoms with E-state index in [-0.39, 0.29) is 18.3 Å². The van der Waals surface area contributed by atoms with Crippen LogP contribution in [-0.2, 0) is 32.3 Å². The van der Waals surface area contributed by atoms with Gasteiger partial charge in [-0.3, -0.25) is 13.9 Å². The van der Waals surface area contributed by atoms with Crippen LogP contribution in [0.4, 0.5) is 18.9 Å². The summed E-state index contributed by atoms with van der Waals surface area (Å²) in [6.45, 7) is 4.36. The molecular weight excluding hydrogens is 511 g/mol. The number of rotatable bonds is 11. The van der Waals surface area contributed by atoms with Gasteiger partial charge in [0.1, 0.15) is 18.3 Å². The lowest BCUT2D eigenvalue weighted by molar-refractivity contribution is -0.139. The Bertz CT molecular complexity index is 1190. The molecule has 0 aromatic heterocycles. The summed E-state index contributed by atoms with van der Waals surface area (Å²) in [4.78, 5) is 27.6. The van der Waals surface area contributed by atoms with Crippen molar-refractivity contribution in [2.24, 2.45) is 0 Å². The van der Waals surface area contributed by atoms with Crippen LogP contribution in [0.3, 0.4) is 0 Å². The molecule has 1 N–H and O–H groups in total. The van der Waals surface area contributed by atoms with Crippen LogP contribution in [0.1, 0.15) is 38.3 Å². The van der Waals surface area contributed by atoms with Gasteiger partial charge >= 0.3 is 6.18 Å². The Hall–Kier alpha value is -3.28. The Morgan fingerprint density at radius 3 is 2.22 bits per heavy atom. The second-order valence-corrected chi connectivity index (χ2v) is 10.6. The molecule has 0 heterocycles. The van der Waals surface area contributed by atoms with E-state index < -0.39 is 46.2 Å².